The van der Waals surface area contributed by atoms with E-state index >= 15 is 0 Å². The van der Waals surface area contributed by atoms with Crippen LogP contribution in [-0.4, -0.2) is 21.8 Å². The van der Waals surface area contributed by atoms with Crippen LogP contribution in [0.25, 0.3) is 0 Å². The average molecular weight is 352 g/mol. The van der Waals surface area contributed by atoms with Crippen LogP contribution < -0.4 is 0 Å². The van der Waals surface area contributed by atoms with E-state index in [4.69, 9.17) is 5.11 Å². The van der Waals surface area contributed by atoms with Crippen molar-refractivity contribution in [2.24, 2.45) is 0 Å². The zero-order chi connectivity index (χ0) is 17.3. The molecule has 0 spiro atoms. The van der Waals surface area contributed by atoms with Gasteiger partial charge in [-0.2, -0.15) is 0 Å². The summed E-state index contributed by atoms with van der Waals surface area (Å²) in [6.45, 7) is 0.341. The predicted octanol–water partition coefficient (Wildman–Crippen LogP) is 5.76. The second-order valence-corrected chi connectivity index (χ2v) is 7.44. The largest absolute Gasteiger partial charge is 0.396 e. The van der Waals surface area contributed by atoms with Gasteiger partial charge in [0.05, 0.1) is 0 Å². The van der Waals surface area contributed by atoms with Gasteiger partial charge >= 0.3 is 0 Å². The van der Waals surface area contributed by atoms with Crippen molar-refractivity contribution < 1.29 is 9.90 Å². The molecular weight excluding hydrogens is 318 g/mol. The Bertz CT molecular complexity index is 411. The third kappa shape index (κ3) is 12.5. The third-order valence-corrected chi connectivity index (χ3v) is 5.03. The van der Waals surface area contributed by atoms with Crippen molar-refractivity contribution >= 4 is 16.9 Å². The van der Waals surface area contributed by atoms with Crippen LogP contribution in [0.1, 0.15) is 83.5 Å². The predicted molar refractivity (Wildman–Crippen MR) is 102 cm³/mol. The van der Waals surface area contributed by atoms with Gasteiger partial charge in [0.2, 0.25) is 0 Å². The van der Waals surface area contributed by atoms with Crippen LogP contribution >= 0.6 is 11.8 Å². The van der Waals surface area contributed by atoms with Gasteiger partial charge in [0.15, 0.2) is 5.12 Å². The molecule has 1 rings (SSSR count). The van der Waals surface area contributed by atoms with E-state index in [-0.39, 0.29) is 5.12 Å². The van der Waals surface area contributed by atoms with E-state index in [1.165, 1.54) is 69.5 Å². The van der Waals surface area contributed by atoms with E-state index in [9.17, 15) is 4.79 Å². The standard InChI is InChI=1S/C20H33NO2S/c22-18-14-10-8-6-4-2-1-3-5-7-9-11-16-20(23)24-19-15-12-13-17-21-19/h12-13,15,17,22H,1-11,14,16,18H2. The molecule has 24 heavy (non-hydrogen) atoms. The van der Waals surface area contributed by atoms with Gasteiger partial charge in [-0.1, -0.05) is 70.3 Å². The van der Waals surface area contributed by atoms with Gasteiger partial charge < -0.3 is 5.11 Å². The molecule has 0 unspecified atom stereocenters. The van der Waals surface area contributed by atoms with Crippen LogP contribution in [0.4, 0.5) is 0 Å². The maximum absolute atomic E-state index is 11.8. The Morgan fingerprint density at radius 3 is 1.88 bits per heavy atom. The highest BCUT2D eigenvalue weighted by molar-refractivity contribution is 8.13. The first-order chi connectivity index (χ1) is 11.8. The molecular formula is C20H33NO2S. The van der Waals surface area contributed by atoms with Crippen molar-refractivity contribution in [3.8, 4) is 0 Å². The van der Waals surface area contributed by atoms with Crippen LogP contribution in [0.5, 0.6) is 0 Å². The van der Waals surface area contributed by atoms with Crippen LogP contribution in [0.15, 0.2) is 29.4 Å². The van der Waals surface area contributed by atoms with Crippen molar-refractivity contribution in [2.45, 2.75) is 88.5 Å². The summed E-state index contributed by atoms with van der Waals surface area (Å²) in [7, 11) is 0. The van der Waals surface area contributed by atoms with Gasteiger partial charge in [0.1, 0.15) is 5.03 Å². The molecule has 0 aliphatic heterocycles. The topological polar surface area (TPSA) is 50.2 Å². The Kier molecular flexibility index (Phi) is 13.8. The van der Waals surface area contributed by atoms with Crippen LogP contribution in [0.3, 0.4) is 0 Å². The summed E-state index contributed by atoms with van der Waals surface area (Å²) >= 11 is 1.26. The Balaban J connectivity index is 1.81. The van der Waals surface area contributed by atoms with Gasteiger partial charge in [0.25, 0.3) is 0 Å². The van der Waals surface area contributed by atoms with E-state index in [0.29, 0.717) is 13.0 Å². The Morgan fingerprint density at radius 1 is 0.833 bits per heavy atom. The molecule has 0 amide bonds. The number of unbranched alkanes of at least 4 members (excludes halogenated alkanes) is 11. The second kappa shape index (κ2) is 15.6. The number of aliphatic hydroxyl groups excluding tert-OH is 1. The molecule has 0 aromatic carbocycles. The molecule has 1 N–H and O–H groups in total. The van der Waals surface area contributed by atoms with Crippen molar-refractivity contribution in [1.82, 2.24) is 4.98 Å². The van der Waals surface area contributed by atoms with Gasteiger partial charge in [-0.25, -0.2) is 4.98 Å². The smallest absolute Gasteiger partial charge is 0.195 e. The molecule has 1 heterocycles. The molecule has 0 aliphatic rings. The van der Waals surface area contributed by atoms with Crippen molar-refractivity contribution in [3.63, 3.8) is 0 Å². The number of hydrogen-bond acceptors (Lipinski definition) is 4. The Hall–Kier alpha value is -0.870. The summed E-state index contributed by atoms with van der Waals surface area (Å²) < 4.78 is 0. The van der Waals surface area contributed by atoms with Crippen LogP contribution in [-0.2, 0) is 4.79 Å². The molecule has 1 aromatic heterocycles. The zero-order valence-corrected chi connectivity index (χ0v) is 15.7. The molecule has 0 radical (unpaired) electrons. The highest BCUT2D eigenvalue weighted by Gasteiger charge is 2.05. The average Bonchev–Trinajstić information content (AvgIpc) is 2.60. The van der Waals surface area contributed by atoms with Crippen molar-refractivity contribution in [3.05, 3.63) is 24.4 Å². The maximum Gasteiger partial charge on any atom is 0.195 e. The van der Waals surface area contributed by atoms with E-state index in [2.05, 4.69) is 4.98 Å². The molecule has 4 heteroatoms. The van der Waals surface area contributed by atoms with E-state index < -0.39 is 0 Å². The highest BCUT2D eigenvalue weighted by atomic mass is 32.2. The summed E-state index contributed by atoms with van der Waals surface area (Å²) in [5.74, 6) is 0. The zero-order valence-electron chi connectivity index (χ0n) is 14.9. The normalized spacial score (nSPS) is 10.9. The molecule has 0 bridgehead atoms. The minimum absolute atomic E-state index is 0.231. The van der Waals surface area contributed by atoms with Crippen LogP contribution in [0, 0.1) is 0 Å². The first kappa shape index (κ1) is 21.2. The number of thioether (sulfide) groups is 1. The quantitative estimate of drug-likeness (QED) is 0.322. The third-order valence-electron chi connectivity index (χ3n) is 4.15. The number of pyridine rings is 1. The lowest BCUT2D eigenvalue weighted by atomic mass is 10.0. The monoisotopic (exact) mass is 351 g/mol. The number of carbonyl (C=O) groups is 1. The minimum Gasteiger partial charge on any atom is -0.396 e. The molecule has 0 fully saturated rings. The van der Waals surface area contributed by atoms with E-state index in [1.54, 1.807) is 6.20 Å². The van der Waals surface area contributed by atoms with Gasteiger partial charge in [-0.05, 0) is 36.7 Å². The number of aliphatic hydroxyl groups is 1. The number of carbonyl (C=O) groups excluding carboxylic acids is 1. The maximum atomic E-state index is 11.8. The minimum atomic E-state index is 0.231. The second-order valence-electron chi connectivity index (χ2n) is 6.36. The Labute approximate surface area is 151 Å². The summed E-state index contributed by atoms with van der Waals surface area (Å²) in [6, 6.07) is 5.67. The molecule has 0 saturated heterocycles. The van der Waals surface area contributed by atoms with E-state index in [1.807, 2.05) is 18.2 Å². The lowest BCUT2D eigenvalue weighted by Crippen LogP contribution is -1.92. The lowest BCUT2D eigenvalue weighted by Gasteiger charge is -2.03. The first-order valence-corrected chi connectivity index (χ1v) is 10.4. The van der Waals surface area contributed by atoms with Gasteiger partial charge in [0, 0.05) is 19.2 Å². The number of rotatable bonds is 15. The highest BCUT2D eigenvalue weighted by Crippen LogP contribution is 2.19. The molecule has 3 nitrogen and oxygen atoms in total. The fourth-order valence-corrected chi connectivity index (χ4v) is 3.46. The molecule has 0 saturated carbocycles. The first-order valence-electron chi connectivity index (χ1n) is 9.55. The summed E-state index contributed by atoms with van der Waals surface area (Å²) in [5, 5.41) is 9.74. The SMILES string of the molecule is O=C(CCCCCCCCCCCCCCO)Sc1ccccn1. The van der Waals surface area contributed by atoms with Crippen molar-refractivity contribution in [1.29, 1.82) is 0 Å². The molecule has 0 atom stereocenters. The fraction of sp³-hybridized carbons (Fsp3) is 0.700. The van der Waals surface area contributed by atoms with E-state index in [0.717, 1.165) is 24.3 Å². The summed E-state index contributed by atoms with van der Waals surface area (Å²) in [5.41, 5.74) is 0. The Morgan fingerprint density at radius 2 is 1.38 bits per heavy atom. The summed E-state index contributed by atoms with van der Waals surface area (Å²) in [4.78, 5) is 16.0. The molecule has 136 valence electrons. The number of hydrogen-bond donors (Lipinski definition) is 1. The fourth-order valence-electron chi connectivity index (χ4n) is 2.72. The van der Waals surface area contributed by atoms with Gasteiger partial charge in [-0.3, -0.25) is 4.79 Å². The number of aromatic nitrogens is 1. The number of nitrogens with zero attached hydrogens (tertiary/aromatic N) is 1. The molecule has 0 aliphatic carbocycles. The van der Waals surface area contributed by atoms with Crippen molar-refractivity contribution in [2.75, 3.05) is 6.61 Å². The molecule has 1 aromatic rings. The van der Waals surface area contributed by atoms with Gasteiger partial charge in [-0.15, -0.1) is 0 Å². The van der Waals surface area contributed by atoms with Crippen LogP contribution in [0.2, 0.25) is 0 Å². The lowest BCUT2D eigenvalue weighted by molar-refractivity contribution is -0.111. The summed E-state index contributed by atoms with van der Waals surface area (Å²) in [6.07, 6.45) is 17.2.